The molecule has 2 saturated heterocycles. The lowest BCUT2D eigenvalue weighted by atomic mass is 9.96. The molecule has 10 heavy (non-hydrogen) atoms. The van der Waals surface area contributed by atoms with Crippen molar-refractivity contribution in [3.8, 4) is 0 Å². The van der Waals surface area contributed by atoms with Gasteiger partial charge in [-0.25, -0.2) is 0 Å². The highest BCUT2D eigenvalue weighted by atomic mass is 16.6. The van der Waals surface area contributed by atoms with E-state index in [9.17, 15) is 5.11 Å². The number of aliphatic hydroxyl groups excluding tert-OH is 1. The Morgan fingerprint density at radius 1 is 1.40 bits per heavy atom. The van der Waals surface area contributed by atoms with Gasteiger partial charge < -0.3 is 14.6 Å². The molecule has 58 valence electrons. The molecule has 2 rings (SSSR count). The van der Waals surface area contributed by atoms with Gasteiger partial charge in [0.25, 0.3) is 0 Å². The van der Waals surface area contributed by atoms with E-state index < -0.39 is 0 Å². The zero-order valence-corrected chi connectivity index (χ0v) is 5.88. The fourth-order valence-electron chi connectivity index (χ4n) is 1.67. The molecular weight excluding hydrogens is 132 g/mol. The van der Waals surface area contributed by atoms with Crippen molar-refractivity contribution in [2.24, 2.45) is 0 Å². The first-order chi connectivity index (χ1) is 4.83. The van der Waals surface area contributed by atoms with E-state index in [1.807, 2.05) is 0 Å². The van der Waals surface area contributed by atoms with E-state index >= 15 is 0 Å². The van der Waals surface area contributed by atoms with Crippen molar-refractivity contribution < 1.29 is 14.6 Å². The zero-order chi connectivity index (χ0) is 7.03. The van der Waals surface area contributed by atoms with Crippen LogP contribution in [0, 0.1) is 0 Å². The molecule has 1 spiro atoms. The Hall–Kier alpha value is -0.120. The van der Waals surface area contributed by atoms with E-state index in [0.29, 0.717) is 13.2 Å². The highest BCUT2D eigenvalue weighted by Crippen LogP contribution is 2.33. The molecule has 0 aromatic heterocycles. The van der Waals surface area contributed by atoms with Crippen molar-refractivity contribution in [1.29, 1.82) is 0 Å². The fraction of sp³-hybridized carbons (Fsp3) is 1.00. The molecule has 2 fully saturated rings. The number of aliphatic hydroxyl groups is 1. The van der Waals surface area contributed by atoms with Gasteiger partial charge in [0.2, 0.25) is 0 Å². The third-order valence-electron chi connectivity index (χ3n) is 2.40. The van der Waals surface area contributed by atoms with Crippen LogP contribution in [0.5, 0.6) is 0 Å². The van der Waals surface area contributed by atoms with Crippen LogP contribution in [-0.4, -0.2) is 36.6 Å². The first-order valence-corrected chi connectivity index (χ1v) is 3.73. The molecule has 2 aliphatic heterocycles. The maximum atomic E-state index is 9.47. The van der Waals surface area contributed by atoms with Gasteiger partial charge in [-0.3, -0.25) is 0 Å². The topological polar surface area (TPSA) is 38.7 Å². The molecule has 0 aromatic carbocycles. The van der Waals surface area contributed by atoms with Gasteiger partial charge in [-0.2, -0.15) is 0 Å². The molecule has 0 aromatic rings. The van der Waals surface area contributed by atoms with Crippen molar-refractivity contribution in [3.05, 3.63) is 0 Å². The highest BCUT2D eigenvalue weighted by molar-refractivity contribution is 4.95. The Bertz CT molecular complexity index is 123. The molecule has 2 aliphatic rings. The highest BCUT2D eigenvalue weighted by Gasteiger charge is 2.46. The molecule has 3 nitrogen and oxygen atoms in total. The second kappa shape index (κ2) is 2.19. The largest absolute Gasteiger partial charge is 0.390 e. The summed E-state index contributed by atoms with van der Waals surface area (Å²) in [6.45, 7) is 2.00. The van der Waals surface area contributed by atoms with Crippen molar-refractivity contribution in [3.63, 3.8) is 0 Å². The molecule has 0 aliphatic carbocycles. The van der Waals surface area contributed by atoms with Crippen molar-refractivity contribution in [2.75, 3.05) is 19.8 Å². The summed E-state index contributed by atoms with van der Waals surface area (Å²) in [4.78, 5) is 0. The van der Waals surface area contributed by atoms with Crippen LogP contribution < -0.4 is 0 Å². The first-order valence-electron chi connectivity index (χ1n) is 3.73. The van der Waals surface area contributed by atoms with E-state index in [4.69, 9.17) is 9.47 Å². The minimum Gasteiger partial charge on any atom is -0.390 e. The van der Waals surface area contributed by atoms with E-state index in [-0.39, 0.29) is 11.7 Å². The first kappa shape index (κ1) is 6.58. The van der Waals surface area contributed by atoms with Crippen LogP contribution >= 0.6 is 0 Å². The molecule has 0 radical (unpaired) electrons. The Labute approximate surface area is 59.9 Å². The van der Waals surface area contributed by atoms with Gasteiger partial charge in [0.15, 0.2) is 0 Å². The molecule has 2 atom stereocenters. The Morgan fingerprint density at radius 3 is 2.80 bits per heavy atom. The average molecular weight is 144 g/mol. The van der Waals surface area contributed by atoms with Crippen molar-refractivity contribution >= 4 is 0 Å². The fourth-order valence-corrected chi connectivity index (χ4v) is 1.67. The summed E-state index contributed by atoms with van der Waals surface area (Å²) in [5.74, 6) is 0. The summed E-state index contributed by atoms with van der Waals surface area (Å²) < 4.78 is 10.6. The normalized spacial score (nSPS) is 47.1. The minimum absolute atomic E-state index is 0.296. The molecular formula is C7H12O3. The number of rotatable bonds is 0. The van der Waals surface area contributed by atoms with Crippen LogP contribution in [-0.2, 0) is 9.47 Å². The third kappa shape index (κ3) is 0.779. The Morgan fingerprint density at radius 2 is 2.30 bits per heavy atom. The van der Waals surface area contributed by atoms with Crippen LogP contribution in [0.3, 0.4) is 0 Å². The van der Waals surface area contributed by atoms with Crippen LogP contribution in [0.15, 0.2) is 0 Å². The maximum Gasteiger partial charge on any atom is 0.119 e. The second-order valence-electron chi connectivity index (χ2n) is 3.02. The predicted molar refractivity (Wildman–Crippen MR) is 34.7 cm³/mol. The molecule has 0 saturated carbocycles. The van der Waals surface area contributed by atoms with Gasteiger partial charge in [0, 0.05) is 13.0 Å². The molecule has 0 amide bonds. The summed E-state index contributed by atoms with van der Waals surface area (Å²) in [6.07, 6.45) is 1.33. The van der Waals surface area contributed by atoms with Crippen LogP contribution in [0.4, 0.5) is 0 Å². The quantitative estimate of drug-likeness (QED) is 0.517. The Balaban J connectivity index is 2.11. The number of hydrogen-bond acceptors (Lipinski definition) is 3. The lowest BCUT2D eigenvalue weighted by molar-refractivity contribution is -0.0598. The van der Waals surface area contributed by atoms with Gasteiger partial charge in [-0.05, 0) is 6.42 Å². The minimum atomic E-state index is -0.319. The van der Waals surface area contributed by atoms with Gasteiger partial charge in [-0.15, -0.1) is 0 Å². The average Bonchev–Trinajstić information content (AvgIpc) is 2.48. The second-order valence-corrected chi connectivity index (χ2v) is 3.02. The molecule has 1 N–H and O–H groups in total. The van der Waals surface area contributed by atoms with Crippen LogP contribution in [0.25, 0.3) is 0 Å². The van der Waals surface area contributed by atoms with E-state index in [0.717, 1.165) is 19.4 Å². The molecule has 0 bridgehead atoms. The summed E-state index contributed by atoms with van der Waals surface area (Å²) >= 11 is 0. The summed E-state index contributed by atoms with van der Waals surface area (Å²) in [6, 6.07) is 0. The maximum absolute atomic E-state index is 9.47. The van der Waals surface area contributed by atoms with Crippen LogP contribution in [0.2, 0.25) is 0 Å². The van der Waals surface area contributed by atoms with E-state index in [1.54, 1.807) is 0 Å². The van der Waals surface area contributed by atoms with E-state index in [2.05, 4.69) is 0 Å². The molecule has 2 unspecified atom stereocenters. The Kier molecular flexibility index (Phi) is 1.44. The summed E-state index contributed by atoms with van der Waals surface area (Å²) in [5.41, 5.74) is -0.319. The van der Waals surface area contributed by atoms with Gasteiger partial charge >= 0.3 is 0 Å². The molecule has 2 heterocycles. The van der Waals surface area contributed by atoms with Gasteiger partial charge in [-0.1, -0.05) is 0 Å². The number of hydrogen-bond donors (Lipinski definition) is 1. The van der Waals surface area contributed by atoms with Gasteiger partial charge in [0.1, 0.15) is 5.60 Å². The SMILES string of the molecule is OC1CCOC12CCOC2. The predicted octanol–water partition coefficient (Wildman–Crippen LogP) is -0.0733. The van der Waals surface area contributed by atoms with E-state index in [1.165, 1.54) is 0 Å². The number of ether oxygens (including phenoxy) is 2. The standard InChI is InChI=1S/C7H12O3/c8-6-1-3-10-7(6)2-4-9-5-7/h6,8H,1-5H2. The monoisotopic (exact) mass is 144 g/mol. The lowest BCUT2D eigenvalue weighted by Gasteiger charge is -2.23. The molecule has 3 heteroatoms. The van der Waals surface area contributed by atoms with Crippen LogP contribution in [0.1, 0.15) is 12.8 Å². The smallest absolute Gasteiger partial charge is 0.119 e. The van der Waals surface area contributed by atoms with Crippen molar-refractivity contribution in [1.82, 2.24) is 0 Å². The van der Waals surface area contributed by atoms with Crippen molar-refractivity contribution in [2.45, 2.75) is 24.5 Å². The lowest BCUT2D eigenvalue weighted by Crippen LogP contribution is -2.39. The van der Waals surface area contributed by atoms with Gasteiger partial charge in [0.05, 0.1) is 19.3 Å². The zero-order valence-electron chi connectivity index (χ0n) is 5.88. The summed E-state index contributed by atoms with van der Waals surface area (Å²) in [5, 5.41) is 9.47. The third-order valence-corrected chi connectivity index (χ3v) is 2.40. The summed E-state index contributed by atoms with van der Waals surface area (Å²) in [7, 11) is 0.